The van der Waals surface area contributed by atoms with Crippen molar-refractivity contribution in [2.75, 3.05) is 0 Å². The molecule has 1 aliphatic heterocycles. The lowest BCUT2D eigenvalue weighted by Gasteiger charge is -2.55. The van der Waals surface area contributed by atoms with Crippen LogP contribution in [-0.4, -0.2) is 11.3 Å². The molecule has 4 aliphatic carbocycles. The molecule has 0 radical (unpaired) electrons. The van der Waals surface area contributed by atoms with Crippen molar-refractivity contribution in [2.45, 2.75) is 70.9 Å². The van der Waals surface area contributed by atoms with Gasteiger partial charge in [0.2, 0.25) is 0 Å². The second kappa shape index (κ2) is 5.94. The van der Waals surface area contributed by atoms with E-state index < -0.39 is 0 Å². The Hall–Kier alpha value is -1.61. The first-order valence-corrected chi connectivity index (χ1v) is 10.7. The first-order valence-electron chi connectivity index (χ1n) is 10.7. The van der Waals surface area contributed by atoms with E-state index in [9.17, 15) is 4.79 Å². The van der Waals surface area contributed by atoms with Gasteiger partial charge in [0.1, 0.15) is 0 Å². The van der Waals surface area contributed by atoms with Crippen LogP contribution in [0.4, 0.5) is 0 Å². The van der Waals surface area contributed by atoms with Crippen molar-refractivity contribution in [1.29, 1.82) is 0 Å². The predicted molar refractivity (Wildman–Crippen MR) is 109 cm³/mol. The van der Waals surface area contributed by atoms with Crippen LogP contribution < -0.4 is 11.1 Å². The standard InChI is InChI=1S/C24H32N2O/c1-23(2)13-19-4-3-15(14-25)8-20(19)21(26-23)9-22(27)24-10-16-5-17(11-24)7-18(6-16)12-24/h3-4,8-9,16-18,26H,5-7,10-14,25H2,1-2H3/b21-9+. The van der Waals surface area contributed by atoms with Gasteiger partial charge >= 0.3 is 0 Å². The van der Waals surface area contributed by atoms with E-state index in [-0.39, 0.29) is 11.0 Å². The summed E-state index contributed by atoms with van der Waals surface area (Å²) in [5.41, 5.74) is 10.4. The number of benzene rings is 1. The van der Waals surface area contributed by atoms with E-state index in [1.165, 1.54) is 30.4 Å². The summed E-state index contributed by atoms with van der Waals surface area (Å²) in [4.78, 5) is 13.6. The van der Waals surface area contributed by atoms with Gasteiger partial charge in [-0.2, -0.15) is 0 Å². The zero-order valence-corrected chi connectivity index (χ0v) is 16.7. The zero-order valence-electron chi connectivity index (χ0n) is 16.7. The Kier molecular flexibility index (Phi) is 3.85. The molecule has 4 saturated carbocycles. The van der Waals surface area contributed by atoms with Gasteiger partial charge < -0.3 is 11.1 Å². The molecule has 0 aromatic heterocycles. The van der Waals surface area contributed by atoms with Crippen molar-refractivity contribution >= 4 is 11.5 Å². The molecule has 144 valence electrons. The van der Waals surface area contributed by atoms with E-state index in [2.05, 4.69) is 37.4 Å². The molecular weight excluding hydrogens is 332 g/mol. The molecular formula is C24H32N2O. The quantitative estimate of drug-likeness (QED) is 0.791. The number of nitrogens with two attached hydrogens (primary N) is 1. The Morgan fingerprint density at radius 2 is 1.78 bits per heavy atom. The summed E-state index contributed by atoms with van der Waals surface area (Å²) in [5.74, 6) is 2.77. The first-order chi connectivity index (χ1) is 12.9. The summed E-state index contributed by atoms with van der Waals surface area (Å²) < 4.78 is 0. The van der Waals surface area contributed by atoms with Gasteiger partial charge in [-0.1, -0.05) is 12.1 Å². The van der Waals surface area contributed by atoms with Crippen molar-refractivity contribution in [2.24, 2.45) is 28.9 Å². The van der Waals surface area contributed by atoms with E-state index in [4.69, 9.17) is 5.73 Å². The largest absolute Gasteiger partial charge is 0.379 e. The molecule has 6 rings (SSSR count). The highest BCUT2D eigenvalue weighted by atomic mass is 16.1. The maximum atomic E-state index is 13.6. The SMILES string of the molecule is CC1(C)Cc2ccc(CN)cc2/C(=C\C(=O)C23CC4CC(CC(C4)C2)C3)N1. The smallest absolute Gasteiger partial charge is 0.163 e. The highest BCUT2D eigenvalue weighted by Crippen LogP contribution is 2.60. The molecule has 3 heteroatoms. The summed E-state index contributed by atoms with van der Waals surface area (Å²) in [7, 11) is 0. The third kappa shape index (κ3) is 2.95. The minimum atomic E-state index is -0.0728. The molecule has 0 saturated heterocycles. The fourth-order valence-electron chi connectivity index (χ4n) is 6.92. The summed E-state index contributed by atoms with van der Waals surface area (Å²) >= 11 is 0. The zero-order chi connectivity index (χ0) is 18.8. The molecule has 4 fully saturated rings. The van der Waals surface area contributed by atoms with Gasteiger partial charge in [0, 0.05) is 34.8 Å². The second-order valence-electron chi connectivity index (χ2n) is 10.5. The monoisotopic (exact) mass is 364 g/mol. The number of hydrogen-bond donors (Lipinski definition) is 2. The molecule has 1 aromatic carbocycles. The lowest BCUT2D eigenvalue weighted by molar-refractivity contribution is -0.138. The fraction of sp³-hybridized carbons (Fsp3) is 0.625. The highest BCUT2D eigenvalue weighted by Gasteiger charge is 2.54. The number of nitrogens with one attached hydrogen (secondary N) is 1. The molecule has 3 N–H and O–H groups in total. The van der Waals surface area contributed by atoms with Gasteiger partial charge in [0.05, 0.1) is 0 Å². The Balaban J connectivity index is 1.52. The van der Waals surface area contributed by atoms with Gasteiger partial charge in [0.25, 0.3) is 0 Å². The van der Waals surface area contributed by atoms with E-state index in [1.807, 2.05) is 6.08 Å². The molecule has 0 spiro atoms. The van der Waals surface area contributed by atoms with Crippen LogP contribution in [0, 0.1) is 23.2 Å². The summed E-state index contributed by atoms with van der Waals surface area (Å²) in [6, 6.07) is 6.50. The molecule has 5 aliphatic rings. The Morgan fingerprint density at radius 1 is 1.15 bits per heavy atom. The van der Waals surface area contributed by atoms with E-state index in [1.54, 1.807) is 0 Å². The van der Waals surface area contributed by atoms with E-state index in [0.717, 1.165) is 54.7 Å². The van der Waals surface area contributed by atoms with Crippen LogP contribution in [0.1, 0.15) is 69.1 Å². The van der Waals surface area contributed by atoms with E-state index >= 15 is 0 Å². The van der Waals surface area contributed by atoms with Crippen LogP contribution in [0.15, 0.2) is 24.3 Å². The fourth-order valence-corrected chi connectivity index (χ4v) is 6.92. The van der Waals surface area contributed by atoms with Crippen LogP contribution in [0.3, 0.4) is 0 Å². The maximum absolute atomic E-state index is 13.6. The number of fused-ring (bicyclic) bond motifs is 1. The average molecular weight is 365 g/mol. The molecule has 1 aromatic rings. The summed E-state index contributed by atoms with van der Waals surface area (Å²) in [6.45, 7) is 4.97. The molecule has 1 heterocycles. The Morgan fingerprint density at radius 3 is 2.37 bits per heavy atom. The lowest BCUT2D eigenvalue weighted by atomic mass is 9.48. The van der Waals surface area contributed by atoms with Crippen LogP contribution in [0.25, 0.3) is 5.70 Å². The van der Waals surface area contributed by atoms with Crippen LogP contribution in [0.5, 0.6) is 0 Å². The number of hydrogen-bond acceptors (Lipinski definition) is 3. The number of carbonyl (C=O) groups excluding carboxylic acids is 1. The molecule has 27 heavy (non-hydrogen) atoms. The van der Waals surface area contributed by atoms with Crippen molar-refractivity contribution < 1.29 is 4.79 Å². The van der Waals surface area contributed by atoms with E-state index in [0.29, 0.717) is 12.3 Å². The minimum absolute atomic E-state index is 0.0369. The Labute approximate surface area is 162 Å². The third-order valence-electron chi connectivity index (χ3n) is 7.64. The van der Waals surface area contributed by atoms with Crippen LogP contribution in [0.2, 0.25) is 0 Å². The number of allylic oxidation sites excluding steroid dienone is 1. The molecule has 3 nitrogen and oxygen atoms in total. The van der Waals surface area contributed by atoms with Crippen LogP contribution in [-0.2, 0) is 17.8 Å². The second-order valence-corrected chi connectivity index (χ2v) is 10.5. The van der Waals surface area contributed by atoms with Crippen molar-refractivity contribution in [3.63, 3.8) is 0 Å². The van der Waals surface area contributed by atoms with Gasteiger partial charge in [-0.15, -0.1) is 0 Å². The Bertz CT molecular complexity index is 784. The van der Waals surface area contributed by atoms with Crippen molar-refractivity contribution in [1.82, 2.24) is 5.32 Å². The van der Waals surface area contributed by atoms with Crippen LogP contribution >= 0.6 is 0 Å². The third-order valence-corrected chi connectivity index (χ3v) is 7.64. The van der Waals surface area contributed by atoms with Crippen molar-refractivity contribution in [3.05, 3.63) is 41.0 Å². The summed E-state index contributed by atoms with van der Waals surface area (Å²) in [6.07, 6.45) is 10.4. The normalized spacial score (nSPS) is 37.1. The molecule has 4 bridgehead atoms. The van der Waals surface area contributed by atoms with Gasteiger partial charge in [-0.25, -0.2) is 0 Å². The lowest BCUT2D eigenvalue weighted by Crippen LogP contribution is -2.50. The topological polar surface area (TPSA) is 55.1 Å². The number of carbonyl (C=O) groups is 1. The minimum Gasteiger partial charge on any atom is -0.379 e. The van der Waals surface area contributed by atoms with Gasteiger partial charge in [-0.3, -0.25) is 4.79 Å². The first kappa shape index (κ1) is 17.5. The molecule has 0 atom stereocenters. The average Bonchev–Trinajstić information content (AvgIpc) is 2.59. The number of ketones is 1. The van der Waals surface area contributed by atoms with Gasteiger partial charge in [-0.05, 0) is 93.7 Å². The highest BCUT2D eigenvalue weighted by molar-refractivity contribution is 6.01. The predicted octanol–water partition coefficient (Wildman–Crippen LogP) is 4.20. The summed E-state index contributed by atoms with van der Waals surface area (Å²) in [5, 5.41) is 3.66. The van der Waals surface area contributed by atoms with Crippen molar-refractivity contribution in [3.8, 4) is 0 Å². The molecule has 0 unspecified atom stereocenters. The molecule has 0 amide bonds. The van der Waals surface area contributed by atoms with Gasteiger partial charge in [0.15, 0.2) is 5.78 Å². The number of rotatable bonds is 3. The maximum Gasteiger partial charge on any atom is 0.163 e.